The lowest BCUT2D eigenvalue weighted by molar-refractivity contribution is -0.134. The van der Waals surface area contributed by atoms with E-state index in [2.05, 4.69) is 17.5 Å². The van der Waals surface area contributed by atoms with Crippen molar-refractivity contribution in [1.29, 1.82) is 0 Å². The molecule has 1 N–H and O–H groups in total. The van der Waals surface area contributed by atoms with Crippen molar-refractivity contribution < 1.29 is 14.6 Å². The molecule has 2 aromatic rings. The van der Waals surface area contributed by atoms with Gasteiger partial charge in [0.25, 0.3) is 5.97 Å². The van der Waals surface area contributed by atoms with Crippen molar-refractivity contribution in [2.24, 2.45) is 0 Å². The molecule has 1 aromatic heterocycles. The molecule has 2 rings (SSSR count). The fourth-order valence-electron chi connectivity index (χ4n) is 1.07. The topological polar surface area (TPSA) is 46.5 Å². The molecule has 1 heterocycles. The van der Waals surface area contributed by atoms with Gasteiger partial charge in [-0.1, -0.05) is 0 Å². The van der Waals surface area contributed by atoms with Crippen LogP contribution in [-0.4, -0.2) is 18.2 Å². The zero-order chi connectivity index (χ0) is 11.3. The van der Waals surface area contributed by atoms with Crippen molar-refractivity contribution in [3.8, 4) is 5.75 Å². The Morgan fingerprint density at radius 3 is 2.67 bits per heavy atom. The monoisotopic (exact) mass is 224 g/mol. The van der Waals surface area contributed by atoms with Gasteiger partial charge in [0.2, 0.25) is 0 Å². The number of methoxy groups -OCH3 is 1. The van der Waals surface area contributed by atoms with Gasteiger partial charge in [-0.3, -0.25) is 4.79 Å². The third-order valence-electron chi connectivity index (χ3n) is 1.66. The van der Waals surface area contributed by atoms with Gasteiger partial charge < -0.3 is 9.84 Å². The molecule has 0 unspecified atom stereocenters. The second-order valence-corrected chi connectivity index (χ2v) is 3.79. The highest BCUT2D eigenvalue weighted by atomic mass is 32.1. The smallest absolute Gasteiger partial charge is 0.300 e. The zero-order valence-corrected chi connectivity index (χ0v) is 9.38. The molecule has 0 saturated heterocycles. The van der Waals surface area contributed by atoms with Crippen LogP contribution in [0.4, 0.5) is 0 Å². The summed E-state index contributed by atoms with van der Waals surface area (Å²) in [6.07, 6.45) is 0. The fourth-order valence-corrected chi connectivity index (χ4v) is 1.84. The summed E-state index contributed by atoms with van der Waals surface area (Å²) in [5.41, 5.74) is 0. The van der Waals surface area contributed by atoms with Gasteiger partial charge in [0.05, 0.1) is 7.11 Å². The van der Waals surface area contributed by atoms with E-state index in [9.17, 15) is 0 Å². The molecular formula is C11H12O3S. The fraction of sp³-hybridized carbons (Fsp3) is 0.182. The van der Waals surface area contributed by atoms with E-state index in [1.807, 2.05) is 12.1 Å². The minimum Gasteiger partial charge on any atom is -0.497 e. The molecule has 0 radical (unpaired) electrons. The number of hydrogen-bond donors (Lipinski definition) is 1. The lowest BCUT2D eigenvalue weighted by Gasteiger charge is -1.97. The minimum absolute atomic E-state index is 0.833. The van der Waals surface area contributed by atoms with Crippen molar-refractivity contribution in [3.63, 3.8) is 0 Å². The predicted octanol–water partition coefficient (Wildman–Crippen LogP) is 3.00. The quantitative estimate of drug-likeness (QED) is 0.810. The van der Waals surface area contributed by atoms with Crippen molar-refractivity contribution in [2.45, 2.75) is 6.92 Å². The summed E-state index contributed by atoms with van der Waals surface area (Å²) in [5, 5.41) is 10.8. The first-order valence-corrected chi connectivity index (χ1v) is 5.22. The first-order chi connectivity index (χ1) is 7.13. The van der Waals surface area contributed by atoms with Crippen molar-refractivity contribution in [1.82, 2.24) is 0 Å². The zero-order valence-electron chi connectivity index (χ0n) is 8.56. The van der Waals surface area contributed by atoms with Crippen molar-refractivity contribution in [3.05, 3.63) is 29.6 Å². The van der Waals surface area contributed by atoms with E-state index in [-0.39, 0.29) is 0 Å². The third-order valence-corrected chi connectivity index (χ3v) is 2.56. The molecular weight excluding hydrogens is 212 g/mol. The Kier molecular flexibility index (Phi) is 4.12. The van der Waals surface area contributed by atoms with Crippen LogP contribution >= 0.6 is 11.3 Å². The van der Waals surface area contributed by atoms with Gasteiger partial charge >= 0.3 is 0 Å². The maximum Gasteiger partial charge on any atom is 0.300 e. The molecule has 3 nitrogen and oxygen atoms in total. The number of hydrogen-bond acceptors (Lipinski definition) is 3. The van der Waals surface area contributed by atoms with Crippen LogP contribution in [0.3, 0.4) is 0 Å². The molecule has 80 valence electrons. The van der Waals surface area contributed by atoms with Crippen LogP contribution in [0.15, 0.2) is 29.6 Å². The molecule has 15 heavy (non-hydrogen) atoms. The van der Waals surface area contributed by atoms with Crippen molar-refractivity contribution >= 4 is 27.4 Å². The summed E-state index contributed by atoms with van der Waals surface area (Å²) in [5.74, 6) is 0.0934. The summed E-state index contributed by atoms with van der Waals surface area (Å²) in [7, 11) is 1.69. The van der Waals surface area contributed by atoms with Gasteiger partial charge in [-0.25, -0.2) is 0 Å². The van der Waals surface area contributed by atoms with Gasteiger partial charge in [-0.05, 0) is 35.0 Å². The average molecular weight is 224 g/mol. The number of thiophene rings is 1. The molecule has 0 fully saturated rings. The Morgan fingerprint density at radius 1 is 1.40 bits per heavy atom. The normalized spacial score (nSPS) is 9.20. The maximum absolute atomic E-state index is 9.00. The summed E-state index contributed by atoms with van der Waals surface area (Å²) in [6.45, 7) is 1.08. The standard InChI is InChI=1S/C9H8OS.C2H4O2/c1-10-8-2-3-9-7(6-8)4-5-11-9;1-2(3)4/h2-6H,1H3;1H3,(H,3,4). The molecule has 0 spiro atoms. The van der Waals surface area contributed by atoms with Crippen LogP contribution in [0.2, 0.25) is 0 Å². The summed E-state index contributed by atoms with van der Waals surface area (Å²) in [6, 6.07) is 8.21. The molecule has 0 aliphatic carbocycles. The summed E-state index contributed by atoms with van der Waals surface area (Å²) >= 11 is 1.75. The lowest BCUT2D eigenvalue weighted by atomic mass is 10.2. The first kappa shape index (κ1) is 11.5. The molecule has 0 aliphatic heterocycles. The molecule has 0 aliphatic rings. The van der Waals surface area contributed by atoms with Crippen LogP contribution < -0.4 is 4.74 Å². The molecule has 4 heteroatoms. The predicted molar refractivity (Wildman–Crippen MR) is 61.7 cm³/mol. The van der Waals surface area contributed by atoms with Gasteiger partial charge in [0, 0.05) is 11.6 Å². The van der Waals surface area contributed by atoms with Gasteiger partial charge in [-0.15, -0.1) is 11.3 Å². The number of carbonyl (C=O) groups is 1. The van der Waals surface area contributed by atoms with Gasteiger partial charge in [0.1, 0.15) is 5.75 Å². The van der Waals surface area contributed by atoms with E-state index in [0.29, 0.717) is 0 Å². The Labute approximate surface area is 91.9 Å². The Morgan fingerprint density at radius 2 is 2.07 bits per heavy atom. The average Bonchev–Trinajstić information content (AvgIpc) is 2.63. The molecule has 0 bridgehead atoms. The van der Waals surface area contributed by atoms with Crippen LogP contribution in [0.5, 0.6) is 5.75 Å². The first-order valence-electron chi connectivity index (χ1n) is 4.34. The van der Waals surface area contributed by atoms with E-state index in [1.165, 1.54) is 10.1 Å². The second kappa shape index (κ2) is 5.36. The van der Waals surface area contributed by atoms with E-state index in [1.54, 1.807) is 18.4 Å². The van der Waals surface area contributed by atoms with E-state index in [4.69, 9.17) is 14.6 Å². The Bertz CT molecular complexity index is 444. The largest absolute Gasteiger partial charge is 0.497 e. The number of carboxylic acids is 1. The van der Waals surface area contributed by atoms with E-state index in [0.717, 1.165) is 12.7 Å². The number of aliphatic carboxylic acids is 1. The lowest BCUT2D eigenvalue weighted by Crippen LogP contribution is -1.79. The Hall–Kier alpha value is -1.55. The second-order valence-electron chi connectivity index (χ2n) is 2.84. The minimum atomic E-state index is -0.833. The SMILES string of the molecule is CC(=O)O.COc1ccc2sccc2c1. The summed E-state index contributed by atoms with van der Waals surface area (Å²) < 4.78 is 6.41. The number of rotatable bonds is 1. The highest BCUT2D eigenvalue weighted by Gasteiger charge is 1.95. The molecule has 0 atom stereocenters. The molecule has 0 saturated carbocycles. The summed E-state index contributed by atoms with van der Waals surface area (Å²) in [4.78, 5) is 9.00. The molecule has 0 amide bonds. The number of carboxylic acid groups (broad SMARTS) is 1. The molecule has 1 aromatic carbocycles. The van der Waals surface area contributed by atoms with E-state index >= 15 is 0 Å². The van der Waals surface area contributed by atoms with Crippen LogP contribution in [0.25, 0.3) is 10.1 Å². The van der Waals surface area contributed by atoms with Crippen LogP contribution in [0.1, 0.15) is 6.92 Å². The highest BCUT2D eigenvalue weighted by Crippen LogP contribution is 2.24. The number of fused-ring (bicyclic) bond motifs is 1. The van der Waals surface area contributed by atoms with Crippen LogP contribution in [-0.2, 0) is 4.79 Å². The van der Waals surface area contributed by atoms with Crippen molar-refractivity contribution in [2.75, 3.05) is 7.11 Å². The van der Waals surface area contributed by atoms with Gasteiger partial charge in [0.15, 0.2) is 0 Å². The maximum atomic E-state index is 9.00. The van der Waals surface area contributed by atoms with Gasteiger partial charge in [-0.2, -0.15) is 0 Å². The number of ether oxygens (including phenoxy) is 1. The highest BCUT2D eigenvalue weighted by molar-refractivity contribution is 7.17. The number of benzene rings is 1. The third kappa shape index (κ3) is 3.59. The van der Waals surface area contributed by atoms with E-state index < -0.39 is 5.97 Å². The Balaban J connectivity index is 0.000000245. The van der Waals surface area contributed by atoms with Crippen LogP contribution in [0, 0.1) is 0 Å².